The smallest absolute Gasteiger partial charge is 0.277 e. The van der Waals surface area contributed by atoms with Crippen molar-refractivity contribution in [3.63, 3.8) is 0 Å². The summed E-state index contributed by atoms with van der Waals surface area (Å²) in [4.78, 5) is 18.5. The average Bonchev–Trinajstić information content (AvgIpc) is 3.47. The number of hydrogen-bond donors (Lipinski definition) is 2. The van der Waals surface area contributed by atoms with Crippen LogP contribution in [0.1, 0.15) is 23.2 Å². The fourth-order valence-electron chi connectivity index (χ4n) is 2.32. The van der Waals surface area contributed by atoms with Gasteiger partial charge in [0.15, 0.2) is 11.6 Å². The number of thioether (sulfide) groups is 1. The summed E-state index contributed by atoms with van der Waals surface area (Å²) in [6, 6.07) is 6.31. The molecule has 1 amide bonds. The molecule has 0 bridgehead atoms. The number of hydroxylamine groups is 1. The molecule has 0 aliphatic heterocycles. The van der Waals surface area contributed by atoms with Crippen LogP contribution in [-0.4, -0.2) is 18.8 Å². The molecule has 0 spiro atoms. The van der Waals surface area contributed by atoms with Crippen molar-refractivity contribution in [1.29, 1.82) is 0 Å². The molecule has 0 heterocycles. The molecule has 0 unspecified atom stereocenters. The van der Waals surface area contributed by atoms with Crippen LogP contribution < -0.4 is 10.8 Å². The van der Waals surface area contributed by atoms with Gasteiger partial charge in [-0.3, -0.25) is 9.63 Å². The Bertz CT molecular complexity index is 881. The van der Waals surface area contributed by atoms with E-state index in [0.29, 0.717) is 23.2 Å². The van der Waals surface area contributed by atoms with Crippen LogP contribution in [0.2, 0.25) is 5.02 Å². The summed E-state index contributed by atoms with van der Waals surface area (Å²) >= 11 is 10.6. The quantitative estimate of drug-likeness (QED) is 0.295. The van der Waals surface area contributed by atoms with Crippen LogP contribution in [0.5, 0.6) is 0 Å². The Labute approximate surface area is 173 Å². The second kappa shape index (κ2) is 8.77. The van der Waals surface area contributed by atoms with Crippen LogP contribution in [0, 0.1) is 17.6 Å². The number of anilines is 2. The van der Waals surface area contributed by atoms with Crippen molar-refractivity contribution in [3.8, 4) is 0 Å². The molecule has 2 aromatic rings. The van der Waals surface area contributed by atoms with Crippen LogP contribution in [0.15, 0.2) is 33.6 Å². The Hall–Kier alpha value is -1.35. The largest absolute Gasteiger partial charge is 0.351 e. The molecule has 9 heteroatoms. The minimum atomic E-state index is -1.19. The maximum Gasteiger partial charge on any atom is 0.277 e. The summed E-state index contributed by atoms with van der Waals surface area (Å²) in [6.45, 7) is 0.390. The summed E-state index contributed by atoms with van der Waals surface area (Å²) in [7, 11) is 0. The highest BCUT2D eigenvalue weighted by Gasteiger charge is 2.25. The zero-order chi connectivity index (χ0) is 19.6. The summed E-state index contributed by atoms with van der Waals surface area (Å²) < 4.78 is 28.5. The SMILES string of the molecule is CSc1ccc(Nc2c(C(=O)NOCC3CC3)cc(Br)c(F)c2F)c(Cl)c1. The minimum absolute atomic E-state index is 0.110. The zero-order valence-electron chi connectivity index (χ0n) is 14.2. The molecule has 2 N–H and O–H groups in total. The van der Waals surface area contributed by atoms with Gasteiger partial charge in [0.25, 0.3) is 5.91 Å². The fourth-order valence-corrected chi connectivity index (χ4v) is 3.46. The summed E-state index contributed by atoms with van der Waals surface area (Å²) in [5.74, 6) is -2.55. The monoisotopic (exact) mass is 476 g/mol. The molecule has 144 valence electrons. The number of carbonyl (C=O) groups is 1. The maximum absolute atomic E-state index is 14.6. The van der Waals surface area contributed by atoms with Crippen molar-refractivity contribution in [2.75, 3.05) is 18.2 Å². The van der Waals surface area contributed by atoms with E-state index in [1.165, 1.54) is 17.8 Å². The number of amides is 1. The van der Waals surface area contributed by atoms with Crippen molar-refractivity contribution >= 4 is 56.6 Å². The van der Waals surface area contributed by atoms with E-state index in [0.717, 1.165) is 17.7 Å². The molecule has 4 nitrogen and oxygen atoms in total. The molecule has 2 aromatic carbocycles. The van der Waals surface area contributed by atoms with Crippen molar-refractivity contribution in [1.82, 2.24) is 5.48 Å². The molecule has 0 saturated heterocycles. The van der Waals surface area contributed by atoms with Crippen molar-refractivity contribution in [2.24, 2.45) is 5.92 Å². The van der Waals surface area contributed by atoms with Gasteiger partial charge in [0.1, 0.15) is 0 Å². The number of rotatable bonds is 7. The summed E-state index contributed by atoms with van der Waals surface area (Å²) in [5, 5.41) is 3.05. The Kier molecular flexibility index (Phi) is 6.62. The van der Waals surface area contributed by atoms with Gasteiger partial charge in [-0.1, -0.05) is 11.6 Å². The average molecular weight is 478 g/mol. The van der Waals surface area contributed by atoms with Gasteiger partial charge in [-0.2, -0.15) is 0 Å². The van der Waals surface area contributed by atoms with Crippen molar-refractivity contribution in [3.05, 3.63) is 51.0 Å². The van der Waals surface area contributed by atoms with E-state index in [4.69, 9.17) is 16.4 Å². The van der Waals surface area contributed by atoms with Gasteiger partial charge in [0, 0.05) is 4.90 Å². The zero-order valence-corrected chi connectivity index (χ0v) is 17.4. The molecule has 27 heavy (non-hydrogen) atoms. The summed E-state index contributed by atoms with van der Waals surface area (Å²) in [5.41, 5.74) is 2.20. The molecular formula is C18H16BrClF2N2O2S. The highest BCUT2D eigenvalue weighted by atomic mass is 79.9. The second-order valence-corrected chi connectivity index (χ2v) is 8.21. The summed E-state index contributed by atoms with van der Waals surface area (Å²) in [6.07, 6.45) is 4.01. The molecule has 0 aromatic heterocycles. The molecule has 1 aliphatic rings. The van der Waals surface area contributed by atoms with E-state index in [-0.39, 0.29) is 15.7 Å². The van der Waals surface area contributed by atoms with Gasteiger partial charge < -0.3 is 5.32 Å². The lowest BCUT2D eigenvalue weighted by Crippen LogP contribution is -2.26. The fraction of sp³-hybridized carbons (Fsp3) is 0.278. The maximum atomic E-state index is 14.6. The van der Waals surface area contributed by atoms with Crippen LogP contribution in [-0.2, 0) is 4.84 Å². The third kappa shape index (κ3) is 4.93. The lowest BCUT2D eigenvalue weighted by molar-refractivity contribution is 0.0270. The Balaban J connectivity index is 1.89. The highest BCUT2D eigenvalue weighted by molar-refractivity contribution is 9.10. The highest BCUT2D eigenvalue weighted by Crippen LogP contribution is 2.35. The molecule has 1 aliphatic carbocycles. The van der Waals surface area contributed by atoms with Gasteiger partial charge in [-0.05, 0) is 65.2 Å². The minimum Gasteiger partial charge on any atom is -0.351 e. The van der Waals surface area contributed by atoms with E-state index >= 15 is 0 Å². The van der Waals surface area contributed by atoms with Crippen LogP contribution >= 0.6 is 39.3 Å². The number of halogens is 4. The predicted octanol–water partition coefficient (Wildman–Crippen LogP) is 5.92. The van der Waals surface area contributed by atoms with Gasteiger partial charge >= 0.3 is 0 Å². The Morgan fingerprint density at radius 2 is 2.07 bits per heavy atom. The number of carbonyl (C=O) groups excluding carboxylic acids is 1. The van der Waals surface area contributed by atoms with Gasteiger partial charge in [-0.25, -0.2) is 14.3 Å². The standard InChI is InChI=1S/C18H16BrClF2N2O2S/c1-27-10-4-5-14(13(20)6-10)23-17-11(7-12(19)15(21)16(17)22)18(25)24-26-8-9-2-3-9/h4-7,9,23H,2-3,8H2,1H3,(H,24,25). The number of nitrogens with one attached hydrogen (secondary N) is 2. The molecular weight excluding hydrogens is 462 g/mol. The van der Waals surface area contributed by atoms with E-state index in [1.807, 2.05) is 6.26 Å². The molecule has 3 rings (SSSR count). The normalized spacial score (nSPS) is 13.5. The third-order valence-corrected chi connectivity index (χ3v) is 5.64. The molecule has 0 radical (unpaired) electrons. The van der Waals surface area contributed by atoms with Crippen molar-refractivity contribution < 1.29 is 18.4 Å². The lowest BCUT2D eigenvalue weighted by atomic mass is 10.1. The second-order valence-electron chi connectivity index (χ2n) is 6.07. The lowest BCUT2D eigenvalue weighted by Gasteiger charge is -2.16. The molecule has 1 fully saturated rings. The third-order valence-electron chi connectivity index (χ3n) is 4.02. The Morgan fingerprint density at radius 3 is 2.70 bits per heavy atom. The van der Waals surface area contributed by atoms with E-state index in [2.05, 4.69) is 26.7 Å². The van der Waals surface area contributed by atoms with E-state index in [9.17, 15) is 13.6 Å². The van der Waals surface area contributed by atoms with Crippen molar-refractivity contribution in [2.45, 2.75) is 17.7 Å². The molecule has 0 atom stereocenters. The topological polar surface area (TPSA) is 50.4 Å². The number of hydrogen-bond acceptors (Lipinski definition) is 4. The first-order chi connectivity index (χ1) is 12.9. The van der Waals surface area contributed by atoms with Crippen LogP contribution in [0.4, 0.5) is 20.2 Å². The number of benzene rings is 2. The first-order valence-corrected chi connectivity index (χ1v) is 10.5. The van der Waals surface area contributed by atoms with Gasteiger partial charge in [0.05, 0.1) is 33.0 Å². The first kappa shape index (κ1) is 20.4. The van der Waals surface area contributed by atoms with E-state index in [1.54, 1.807) is 18.2 Å². The first-order valence-electron chi connectivity index (χ1n) is 8.11. The van der Waals surface area contributed by atoms with E-state index < -0.39 is 17.5 Å². The Morgan fingerprint density at radius 1 is 1.33 bits per heavy atom. The van der Waals surface area contributed by atoms with Crippen LogP contribution in [0.3, 0.4) is 0 Å². The van der Waals surface area contributed by atoms with Crippen LogP contribution in [0.25, 0.3) is 0 Å². The van der Waals surface area contributed by atoms with Gasteiger partial charge in [-0.15, -0.1) is 11.8 Å². The predicted molar refractivity (Wildman–Crippen MR) is 107 cm³/mol. The molecule has 1 saturated carbocycles. The van der Waals surface area contributed by atoms with Gasteiger partial charge in [0.2, 0.25) is 0 Å².